The van der Waals surface area contributed by atoms with E-state index in [1.54, 1.807) is 41.3 Å². The third kappa shape index (κ3) is 6.70. The zero-order valence-electron chi connectivity index (χ0n) is 21.9. The highest BCUT2D eigenvalue weighted by atomic mass is 19.4. The number of piperidine rings is 1. The van der Waals surface area contributed by atoms with Crippen LogP contribution in [-0.4, -0.2) is 44.6 Å². The van der Waals surface area contributed by atoms with Crippen LogP contribution in [0.1, 0.15) is 36.0 Å². The summed E-state index contributed by atoms with van der Waals surface area (Å²) in [7, 11) is 0. The van der Waals surface area contributed by atoms with Crippen molar-refractivity contribution in [3.8, 4) is 5.75 Å². The molecule has 1 saturated heterocycles. The molecule has 0 radical (unpaired) electrons. The number of hydrogen-bond donors (Lipinski definition) is 0. The van der Waals surface area contributed by atoms with E-state index in [0.717, 1.165) is 11.3 Å². The number of benzene rings is 3. The van der Waals surface area contributed by atoms with Gasteiger partial charge < -0.3 is 14.5 Å². The van der Waals surface area contributed by atoms with Crippen LogP contribution in [0.15, 0.2) is 72.8 Å². The second-order valence-corrected chi connectivity index (χ2v) is 10.7. The molecule has 0 bridgehead atoms. The molecule has 2 aliphatic rings. The lowest BCUT2D eigenvalue weighted by atomic mass is 9.71. The van der Waals surface area contributed by atoms with Gasteiger partial charge in [0.1, 0.15) is 5.75 Å². The molecule has 0 N–H and O–H groups in total. The number of para-hydroxylation sites is 1. The van der Waals surface area contributed by atoms with E-state index in [9.17, 15) is 35.1 Å². The first-order valence-corrected chi connectivity index (χ1v) is 13.2. The normalized spacial score (nSPS) is 20.7. The molecule has 11 heteroatoms. The first-order chi connectivity index (χ1) is 19.2. The highest BCUT2D eigenvalue weighted by Crippen LogP contribution is 2.48. The molecule has 1 atom stereocenters. The van der Waals surface area contributed by atoms with Crippen molar-refractivity contribution in [2.75, 3.05) is 36.0 Å². The second-order valence-electron chi connectivity index (χ2n) is 10.7. The molecule has 220 valence electrons. The molecule has 2 aliphatic heterocycles. The first-order valence-electron chi connectivity index (χ1n) is 13.2. The highest BCUT2D eigenvalue weighted by molar-refractivity contribution is 5.67. The maximum atomic E-state index is 13.7. The van der Waals surface area contributed by atoms with Crippen molar-refractivity contribution >= 4 is 11.4 Å². The fourth-order valence-electron chi connectivity index (χ4n) is 5.91. The van der Waals surface area contributed by atoms with E-state index in [4.69, 9.17) is 0 Å². The van der Waals surface area contributed by atoms with Crippen molar-refractivity contribution in [1.82, 2.24) is 0 Å². The maximum Gasteiger partial charge on any atom is 0.573 e. The SMILES string of the molecule is FC(F)(F)CCN1CC(Cc2cccc(N3CCC(F)(F)CC3)c2)(c2cccc(OC(F)(F)F)c2)c2ccccc21. The van der Waals surface area contributed by atoms with Gasteiger partial charge in [0.25, 0.3) is 5.92 Å². The Morgan fingerprint density at radius 3 is 2.22 bits per heavy atom. The predicted molar refractivity (Wildman–Crippen MR) is 140 cm³/mol. The van der Waals surface area contributed by atoms with E-state index in [1.165, 1.54) is 18.2 Å². The molecule has 0 amide bonds. The molecular formula is C30H28F8N2O. The van der Waals surface area contributed by atoms with Gasteiger partial charge in [-0.3, -0.25) is 0 Å². The molecule has 1 fully saturated rings. The number of fused-ring (bicyclic) bond motifs is 1. The minimum atomic E-state index is -4.92. The molecule has 3 aromatic rings. The van der Waals surface area contributed by atoms with Gasteiger partial charge in [-0.1, -0.05) is 42.5 Å². The van der Waals surface area contributed by atoms with E-state index >= 15 is 0 Å². The Bertz CT molecular complexity index is 1360. The zero-order chi connectivity index (χ0) is 29.5. The van der Waals surface area contributed by atoms with E-state index in [1.807, 2.05) is 23.1 Å². The predicted octanol–water partition coefficient (Wildman–Crippen LogP) is 8.12. The molecular weight excluding hydrogens is 556 g/mol. The number of hydrogen-bond acceptors (Lipinski definition) is 3. The molecule has 3 aromatic carbocycles. The van der Waals surface area contributed by atoms with Crippen LogP contribution in [0.5, 0.6) is 5.75 Å². The second kappa shape index (κ2) is 10.7. The van der Waals surface area contributed by atoms with Crippen LogP contribution in [0.4, 0.5) is 46.5 Å². The maximum absolute atomic E-state index is 13.7. The summed E-state index contributed by atoms with van der Waals surface area (Å²) < 4.78 is 111. The van der Waals surface area contributed by atoms with Crippen molar-refractivity contribution in [2.45, 2.75) is 49.6 Å². The lowest BCUT2D eigenvalue weighted by Crippen LogP contribution is -2.39. The zero-order valence-corrected chi connectivity index (χ0v) is 21.9. The van der Waals surface area contributed by atoms with Crippen LogP contribution in [0.3, 0.4) is 0 Å². The van der Waals surface area contributed by atoms with E-state index in [2.05, 4.69) is 4.74 Å². The Morgan fingerprint density at radius 2 is 1.51 bits per heavy atom. The fraction of sp³-hybridized carbons (Fsp3) is 0.400. The first kappa shape index (κ1) is 29.0. The lowest BCUT2D eigenvalue weighted by Gasteiger charge is -2.35. The highest BCUT2D eigenvalue weighted by Gasteiger charge is 2.45. The van der Waals surface area contributed by atoms with Crippen molar-refractivity contribution in [3.05, 3.63) is 89.5 Å². The van der Waals surface area contributed by atoms with Crippen molar-refractivity contribution in [1.29, 1.82) is 0 Å². The largest absolute Gasteiger partial charge is 0.573 e. The number of anilines is 2. The van der Waals surface area contributed by atoms with Crippen LogP contribution in [-0.2, 0) is 11.8 Å². The van der Waals surface area contributed by atoms with E-state index in [0.29, 0.717) is 16.8 Å². The third-order valence-corrected chi connectivity index (χ3v) is 7.78. The Labute approximate surface area is 232 Å². The molecule has 0 saturated carbocycles. The van der Waals surface area contributed by atoms with Gasteiger partial charge in [0.2, 0.25) is 0 Å². The molecule has 41 heavy (non-hydrogen) atoms. The topological polar surface area (TPSA) is 15.7 Å². The molecule has 2 heterocycles. The Kier molecular flexibility index (Phi) is 7.59. The van der Waals surface area contributed by atoms with Crippen LogP contribution < -0.4 is 14.5 Å². The molecule has 0 aliphatic carbocycles. The Balaban J connectivity index is 1.55. The summed E-state index contributed by atoms with van der Waals surface area (Å²) in [5.41, 5.74) is 2.23. The minimum absolute atomic E-state index is 0.0953. The van der Waals surface area contributed by atoms with Gasteiger partial charge in [-0.2, -0.15) is 13.2 Å². The van der Waals surface area contributed by atoms with Crippen molar-refractivity contribution < 1.29 is 39.9 Å². The van der Waals surface area contributed by atoms with Gasteiger partial charge >= 0.3 is 12.5 Å². The monoisotopic (exact) mass is 584 g/mol. The summed E-state index contributed by atoms with van der Waals surface area (Å²) in [5, 5.41) is 0. The van der Waals surface area contributed by atoms with Crippen molar-refractivity contribution in [2.24, 2.45) is 0 Å². The summed E-state index contributed by atoms with van der Waals surface area (Å²) in [4.78, 5) is 3.49. The van der Waals surface area contributed by atoms with Gasteiger partial charge in [0, 0.05) is 55.8 Å². The average molecular weight is 585 g/mol. The Hall–Kier alpha value is -3.50. The van der Waals surface area contributed by atoms with Crippen molar-refractivity contribution in [3.63, 3.8) is 0 Å². The smallest absolute Gasteiger partial charge is 0.406 e. The molecule has 0 spiro atoms. The number of alkyl halides is 8. The number of ether oxygens (including phenoxy) is 1. The summed E-state index contributed by atoms with van der Waals surface area (Å²) in [6, 6.07) is 19.8. The minimum Gasteiger partial charge on any atom is -0.406 e. The number of nitrogens with zero attached hydrogens (tertiary/aromatic N) is 2. The van der Waals surface area contributed by atoms with Gasteiger partial charge in [-0.05, 0) is 53.4 Å². The van der Waals surface area contributed by atoms with Gasteiger partial charge in [-0.15, -0.1) is 13.2 Å². The van der Waals surface area contributed by atoms with E-state index < -0.39 is 36.0 Å². The summed E-state index contributed by atoms with van der Waals surface area (Å²) >= 11 is 0. The number of halogens is 8. The van der Waals surface area contributed by atoms with Gasteiger partial charge in [-0.25, -0.2) is 8.78 Å². The summed E-state index contributed by atoms with van der Waals surface area (Å²) in [6.07, 6.45) is -10.6. The number of rotatable bonds is 7. The molecule has 0 aromatic heterocycles. The molecule has 3 nitrogen and oxygen atoms in total. The fourth-order valence-corrected chi connectivity index (χ4v) is 5.91. The summed E-state index contributed by atoms with van der Waals surface area (Å²) in [5.74, 6) is -3.14. The van der Waals surface area contributed by atoms with Crippen LogP contribution in [0.2, 0.25) is 0 Å². The van der Waals surface area contributed by atoms with Crippen LogP contribution >= 0.6 is 0 Å². The van der Waals surface area contributed by atoms with E-state index in [-0.39, 0.29) is 45.4 Å². The standard InChI is InChI=1S/C30H28F8N2O/c31-28(32)11-14-39(15-12-28)23-7-3-5-21(17-23)19-27(22-6-4-8-24(18-22)41-30(36,37)38)20-40(16-13-29(33,34)35)26-10-2-1-9-25(26)27/h1-10,17-18H,11-16,19-20H2. The average Bonchev–Trinajstić information content (AvgIpc) is 3.21. The molecule has 5 rings (SSSR count). The quantitative estimate of drug-likeness (QED) is 0.261. The van der Waals surface area contributed by atoms with Gasteiger partial charge in [0.15, 0.2) is 0 Å². The van der Waals surface area contributed by atoms with Crippen LogP contribution in [0, 0.1) is 0 Å². The van der Waals surface area contributed by atoms with Gasteiger partial charge in [0.05, 0.1) is 6.42 Å². The lowest BCUT2D eigenvalue weighted by molar-refractivity contribution is -0.274. The summed E-state index contributed by atoms with van der Waals surface area (Å²) in [6.45, 7) is 0.125. The molecule has 1 unspecified atom stereocenters. The van der Waals surface area contributed by atoms with Crippen LogP contribution in [0.25, 0.3) is 0 Å². The Morgan fingerprint density at radius 1 is 0.805 bits per heavy atom. The third-order valence-electron chi connectivity index (χ3n) is 7.78.